The highest BCUT2D eigenvalue weighted by Crippen LogP contribution is 2.20. The number of methoxy groups -OCH3 is 1. The molecule has 1 amide bonds. The molecule has 0 aliphatic heterocycles. The summed E-state index contributed by atoms with van der Waals surface area (Å²) in [7, 11) is 1.60. The summed E-state index contributed by atoms with van der Waals surface area (Å²) in [5.41, 5.74) is 1.49. The number of para-hydroxylation sites is 2. The zero-order valence-electron chi connectivity index (χ0n) is 16.2. The number of hydrogen-bond acceptors (Lipinski definition) is 4. The van der Waals surface area contributed by atoms with Crippen LogP contribution in [0.4, 0.5) is 5.69 Å². The molecule has 1 N–H and O–H groups in total. The Morgan fingerprint density at radius 3 is 2.34 bits per heavy atom. The van der Waals surface area contributed by atoms with Crippen LogP contribution in [0.2, 0.25) is 0 Å². The molecule has 148 valence electrons. The van der Waals surface area contributed by atoms with Crippen molar-refractivity contribution in [3.8, 4) is 17.2 Å². The van der Waals surface area contributed by atoms with Gasteiger partial charge in [0.15, 0.2) is 0 Å². The van der Waals surface area contributed by atoms with E-state index in [4.69, 9.17) is 14.2 Å². The summed E-state index contributed by atoms with van der Waals surface area (Å²) in [5, 5.41) is 2.83. The number of nitrogens with one attached hydrogen (secondary N) is 1. The molecule has 3 rings (SSSR count). The van der Waals surface area contributed by atoms with Gasteiger partial charge in [-0.2, -0.15) is 0 Å². The SMILES string of the molecule is COc1ccccc1/C=C/C(=O)Nc1cccc(OCCOc2ccccc2)c1. The van der Waals surface area contributed by atoms with E-state index in [1.54, 1.807) is 19.3 Å². The molecule has 0 saturated heterocycles. The molecule has 0 aliphatic rings. The van der Waals surface area contributed by atoms with Crippen molar-refractivity contribution in [2.75, 3.05) is 25.6 Å². The third kappa shape index (κ3) is 6.43. The second kappa shape index (κ2) is 10.6. The number of carbonyl (C=O) groups excluding carboxylic acids is 1. The van der Waals surface area contributed by atoms with Crippen molar-refractivity contribution in [1.29, 1.82) is 0 Å². The quantitative estimate of drug-likeness (QED) is 0.422. The molecule has 3 aromatic rings. The van der Waals surface area contributed by atoms with Crippen molar-refractivity contribution in [3.05, 3.63) is 90.5 Å². The summed E-state index contributed by atoms with van der Waals surface area (Å²) in [6.45, 7) is 0.836. The number of hydrogen-bond donors (Lipinski definition) is 1. The predicted molar refractivity (Wildman–Crippen MR) is 115 cm³/mol. The summed E-state index contributed by atoms with van der Waals surface area (Å²) in [6, 6.07) is 24.3. The molecule has 0 fully saturated rings. The minimum absolute atomic E-state index is 0.236. The van der Waals surface area contributed by atoms with Crippen molar-refractivity contribution < 1.29 is 19.0 Å². The Hall–Kier alpha value is -3.73. The molecule has 0 spiro atoms. The summed E-state index contributed by atoms with van der Waals surface area (Å²) in [5.74, 6) is 1.94. The van der Waals surface area contributed by atoms with E-state index in [2.05, 4.69) is 5.32 Å². The Bertz CT molecular complexity index is 954. The van der Waals surface area contributed by atoms with Gasteiger partial charge >= 0.3 is 0 Å². The number of carbonyl (C=O) groups is 1. The summed E-state index contributed by atoms with van der Waals surface area (Å²) in [4.78, 5) is 12.2. The lowest BCUT2D eigenvalue weighted by Crippen LogP contribution is -2.10. The number of anilines is 1. The Kier molecular flexibility index (Phi) is 7.29. The van der Waals surface area contributed by atoms with Gasteiger partial charge in [0.05, 0.1) is 7.11 Å². The van der Waals surface area contributed by atoms with E-state index < -0.39 is 0 Å². The van der Waals surface area contributed by atoms with Gasteiger partial charge in [-0.1, -0.05) is 42.5 Å². The molecular weight excluding hydrogens is 366 g/mol. The lowest BCUT2D eigenvalue weighted by molar-refractivity contribution is -0.111. The van der Waals surface area contributed by atoms with Crippen molar-refractivity contribution in [3.63, 3.8) is 0 Å². The predicted octanol–water partition coefficient (Wildman–Crippen LogP) is 4.80. The first-order valence-corrected chi connectivity index (χ1v) is 9.27. The maximum atomic E-state index is 12.2. The van der Waals surface area contributed by atoms with Crippen LogP contribution in [-0.4, -0.2) is 26.2 Å². The van der Waals surface area contributed by atoms with Gasteiger partial charge in [-0.3, -0.25) is 4.79 Å². The van der Waals surface area contributed by atoms with Gasteiger partial charge in [0.1, 0.15) is 30.5 Å². The highest BCUT2D eigenvalue weighted by Gasteiger charge is 2.02. The fraction of sp³-hybridized carbons (Fsp3) is 0.125. The second-order valence-corrected chi connectivity index (χ2v) is 6.10. The van der Waals surface area contributed by atoms with Crippen LogP contribution in [0.15, 0.2) is 84.9 Å². The van der Waals surface area contributed by atoms with Crippen molar-refractivity contribution >= 4 is 17.7 Å². The number of rotatable bonds is 9. The molecule has 0 bridgehead atoms. The van der Waals surface area contributed by atoms with Gasteiger partial charge in [-0.25, -0.2) is 0 Å². The number of benzene rings is 3. The van der Waals surface area contributed by atoms with Gasteiger partial charge < -0.3 is 19.5 Å². The smallest absolute Gasteiger partial charge is 0.248 e. The standard InChI is InChI=1S/C24H23NO4/c1-27-23-13-6-5-8-19(23)14-15-24(26)25-20-9-7-12-22(18-20)29-17-16-28-21-10-3-2-4-11-21/h2-15,18H,16-17H2,1H3,(H,25,26)/b15-14+. The zero-order chi connectivity index (χ0) is 20.3. The second-order valence-electron chi connectivity index (χ2n) is 6.10. The van der Waals surface area contributed by atoms with E-state index in [1.807, 2.05) is 72.8 Å². The first-order valence-electron chi connectivity index (χ1n) is 9.27. The largest absolute Gasteiger partial charge is 0.496 e. The van der Waals surface area contributed by atoms with Gasteiger partial charge in [-0.05, 0) is 36.4 Å². The molecule has 0 heterocycles. The van der Waals surface area contributed by atoms with Crippen LogP contribution in [0.3, 0.4) is 0 Å². The molecule has 0 aromatic heterocycles. The third-order valence-electron chi connectivity index (χ3n) is 4.02. The van der Waals surface area contributed by atoms with Crippen molar-refractivity contribution in [2.45, 2.75) is 0 Å². The minimum atomic E-state index is -0.236. The monoisotopic (exact) mass is 389 g/mol. The topological polar surface area (TPSA) is 56.8 Å². The molecule has 0 unspecified atom stereocenters. The van der Waals surface area contributed by atoms with E-state index in [9.17, 15) is 4.79 Å². The molecule has 5 nitrogen and oxygen atoms in total. The first-order chi connectivity index (χ1) is 14.2. The molecule has 3 aromatic carbocycles. The average molecular weight is 389 g/mol. The molecule has 0 saturated carbocycles. The normalized spacial score (nSPS) is 10.5. The molecule has 0 radical (unpaired) electrons. The van der Waals surface area contributed by atoms with Gasteiger partial charge in [0.25, 0.3) is 0 Å². The summed E-state index contributed by atoms with van der Waals surface area (Å²) < 4.78 is 16.6. The maximum Gasteiger partial charge on any atom is 0.248 e. The van der Waals surface area contributed by atoms with E-state index in [0.717, 1.165) is 11.3 Å². The number of ether oxygens (including phenoxy) is 3. The Morgan fingerprint density at radius 1 is 0.862 bits per heavy atom. The van der Waals surface area contributed by atoms with Gasteiger partial charge in [-0.15, -0.1) is 0 Å². The van der Waals surface area contributed by atoms with Crippen LogP contribution in [0.5, 0.6) is 17.2 Å². The highest BCUT2D eigenvalue weighted by molar-refractivity contribution is 6.02. The average Bonchev–Trinajstić information content (AvgIpc) is 2.76. The molecule has 5 heteroatoms. The van der Waals surface area contributed by atoms with Crippen LogP contribution in [-0.2, 0) is 4.79 Å². The zero-order valence-corrected chi connectivity index (χ0v) is 16.2. The van der Waals surface area contributed by atoms with E-state index >= 15 is 0 Å². The molecule has 29 heavy (non-hydrogen) atoms. The van der Waals surface area contributed by atoms with Crippen LogP contribution >= 0.6 is 0 Å². The van der Waals surface area contributed by atoms with Crippen LogP contribution in [0, 0.1) is 0 Å². The summed E-state index contributed by atoms with van der Waals surface area (Å²) in [6.07, 6.45) is 3.19. The Labute approximate surface area is 170 Å². The Balaban J connectivity index is 1.50. The van der Waals surface area contributed by atoms with Crippen LogP contribution in [0.25, 0.3) is 6.08 Å². The minimum Gasteiger partial charge on any atom is -0.496 e. The van der Waals surface area contributed by atoms with Crippen molar-refractivity contribution in [2.24, 2.45) is 0 Å². The molecule has 0 aliphatic carbocycles. The van der Waals surface area contributed by atoms with E-state index in [-0.39, 0.29) is 5.91 Å². The lowest BCUT2D eigenvalue weighted by atomic mass is 10.2. The van der Waals surface area contributed by atoms with Gasteiger partial charge in [0.2, 0.25) is 5.91 Å². The lowest BCUT2D eigenvalue weighted by Gasteiger charge is -2.10. The highest BCUT2D eigenvalue weighted by atomic mass is 16.5. The van der Waals surface area contributed by atoms with Crippen LogP contribution < -0.4 is 19.5 Å². The van der Waals surface area contributed by atoms with Crippen molar-refractivity contribution in [1.82, 2.24) is 0 Å². The fourth-order valence-corrected chi connectivity index (χ4v) is 2.65. The van der Waals surface area contributed by atoms with Gasteiger partial charge in [0, 0.05) is 23.4 Å². The summed E-state index contributed by atoms with van der Waals surface area (Å²) >= 11 is 0. The molecule has 0 atom stereocenters. The first kappa shape index (κ1) is 20.0. The third-order valence-corrected chi connectivity index (χ3v) is 4.02. The number of amides is 1. The Morgan fingerprint density at radius 2 is 1.55 bits per heavy atom. The van der Waals surface area contributed by atoms with E-state index in [0.29, 0.717) is 30.4 Å². The van der Waals surface area contributed by atoms with E-state index in [1.165, 1.54) is 6.08 Å². The molecular formula is C24H23NO4. The van der Waals surface area contributed by atoms with Crippen LogP contribution in [0.1, 0.15) is 5.56 Å². The fourth-order valence-electron chi connectivity index (χ4n) is 2.65. The maximum absolute atomic E-state index is 12.2.